The number of nitrogens with one attached hydrogen (secondary N) is 1. The zero-order valence-corrected chi connectivity index (χ0v) is 14.6. The van der Waals surface area contributed by atoms with E-state index >= 15 is 0 Å². The number of carbonyl (C=O) groups excluding carboxylic acids is 3. The minimum Gasteiger partial charge on any atom is -0.336 e. The summed E-state index contributed by atoms with van der Waals surface area (Å²) in [6.45, 7) is 4.38. The topological polar surface area (TPSA) is 90.8 Å². The van der Waals surface area contributed by atoms with Gasteiger partial charge < -0.3 is 24.6 Å². The van der Waals surface area contributed by atoms with Crippen LogP contribution in [0.4, 0.5) is 4.79 Å². The van der Waals surface area contributed by atoms with Crippen molar-refractivity contribution in [3.8, 4) is 0 Å². The summed E-state index contributed by atoms with van der Waals surface area (Å²) in [5, 5.41) is 2.88. The van der Waals surface area contributed by atoms with Crippen molar-refractivity contribution in [1.29, 1.82) is 0 Å². The number of hydrogen-bond acceptors (Lipinski definition) is 4. The van der Waals surface area contributed by atoms with Crippen molar-refractivity contribution in [2.24, 2.45) is 0 Å². The number of aryl methyl sites for hydroxylation is 1. The van der Waals surface area contributed by atoms with E-state index in [1.165, 1.54) is 4.90 Å². The van der Waals surface area contributed by atoms with E-state index in [-0.39, 0.29) is 30.9 Å². The van der Waals surface area contributed by atoms with Crippen molar-refractivity contribution in [2.75, 3.05) is 39.8 Å². The number of hydrogen-bond donors (Lipinski definition) is 1. The monoisotopic (exact) mass is 348 g/mol. The Bertz CT molecular complexity index is 673. The van der Waals surface area contributed by atoms with Crippen LogP contribution < -0.4 is 5.32 Å². The Hall–Kier alpha value is -2.58. The van der Waals surface area contributed by atoms with Crippen LogP contribution >= 0.6 is 0 Å². The van der Waals surface area contributed by atoms with Gasteiger partial charge in [0.1, 0.15) is 11.9 Å². The maximum absolute atomic E-state index is 12.4. The van der Waals surface area contributed by atoms with Crippen LogP contribution in [0.1, 0.15) is 12.7 Å². The van der Waals surface area contributed by atoms with Gasteiger partial charge in [0.05, 0.1) is 13.1 Å². The molecule has 3 rings (SSSR count). The maximum Gasteiger partial charge on any atom is 0.317 e. The number of amides is 4. The minimum absolute atomic E-state index is 0.0561. The van der Waals surface area contributed by atoms with E-state index in [9.17, 15) is 14.4 Å². The summed E-state index contributed by atoms with van der Waals surface area (Å²) in [6.07, 6.45) is 4.49. The lowest BCUT2D eigenvalue weighted by Gasteiger charge is -2.45. The van der Waals surface area contributed by atoms with Crippen molar-refractivity contribution in [3.05, 3.63) is 18.2 Å². The van der Waals surface area contributed by atoms with Crippen LogP contribution in [0.5, 0.6) is 0 Å². The molecule has 2 fully saturated rings. The molecule has 2 aliphatic heterocycles. The SMILES string of the molecule is CCc1nccn1CCNC(=O)N1CCN2C(=O)CN(C)C(=O)[C@H]2C1. The number of fused-ring (bicyclic) bond motifs is 1. The first kappa shape index (κ1) is 17.2. The zero-order valence-electron chi connectivity index (χ0n) is 14.6. The Kier molecular flexibility index (Phi) is 4.91. The molecule has 2 saturated heterocycles. The normalized spacial score (nSPS) is 20.7. The summed E-state index contributed by atoms with van der Waals surface area (Å²) in [5.41, 5.74) is 0. The number of imidazole rings is 1. The van der Waals surface area contributed by atoms with Gasteiger partial charge in [-0.2, -0.15) is 0 Å². The zero-order chi connectivity index (χ0) is 18.0. The molecule has 136 valence electrons. The average molecular weight is 348 g/mol. The van der Waals surface area contributed by atoms with Crippen molar-refractivity contribution >= 4 is 17.8 Å². The van der Waals surface area contributed by atoms with Crippen molar-refractivity contribution in [2.45, 2.75) is 25.9 Å². The van der Waals surface area contributed by atoms with E-state index in [1.54, 1.807) is 23.0 Å². The van der Waals surface area contributed by atoms with Gasteiger partial charge in [0.15, 0.2) is 0 Å². The average Bonchev–Trinajstić information content (AvgIpc) is 3.06. The number of carbonyl (C=O) groups is 3. The molecule has 1 N–H and O–H groups in total. The van der Waals surface area contributed by atoms with E-state index in [2.05, 4.69) is 10.3 Å². The molecule has 0 bridgehead atoms. The van der Waals surface area contributed by atoms with Gasteiger partial charge in [0.2, 0.25) is 11.8 Å². The summed E-state index contributed by atoms with van der Waals surface area (Å²) >= 11 is 0. The quantitative estimate of drug-likeness (QED) is 0.767. The highest BCUT2D eigenvalue weighted by atomic mass is 16.2. The fourth-order valence-corrected chi connectivity index (χ4v) is 3.36. The first-order valence-corrected chi connectivity index (χ1v) is 8.58. The number of nitrogens with zero attached hydrogens (tertiary/aromatic N) is 5. The standard InChI is InChI=1S/C16H24N6O3/c1-3-13-17-4-6-20(13)7-5-18-16(25)21-8-9-22-12(10-21)15(24)19(2)11-14(22)23/h4,6,12H,3,5,7-11H2,1-2H3,(H,18,25)/t12-/m1/s1. The lowest BCUT2D eigenvalue weighted by molar-refractivity contribution is -0.157. The van der Waals surface area contributed by atoms with Crippen molar-refractivity contribution < 1.29 is 14.4 Å². The maximum atomic E-state index is 12.4. The molecule has 3 heterocycles. The van der Waals surface area contributed by atoms with Crippen molar-refractivity contribution in [3.63, 3.8) is 0 Å². The Labute approximate surface area is 146 Å². The molecule has 1 atom stereocenters. The molecule has 0 radical (unpaired) electrons. The van der Waals surface area contributed by atoms with Gasteiger partial charge in [-0.25, -0.2) is 9.78 Å². The number of aromatic nitrogens is 2. The van der Waals surface area contributed by atoms with E-state index in [1.807, 2.05) is 17.7 Å². The molecule has 1 aromatic heterocycles. The Morgan fingerprint density at radius 1 is 1.36 bits per heavy atom. The first-order valence-electron chi connectivity index (χ1n) is 8.58. The highest BCUT2D eigenvalue weighted by Gasteiger charge is 2.42. The summed E-state index contributed by atoms with van der Waals surface area (Å²) < 4.78 is 2.01. The Morgan fingerprint density at radius 2 is 2.16 bits per heavy atom. The molecule has 1 aromatic rings. The Morgan fingerprint density at radius 3 is 2.92 bits per heavy atom. The molecule has 0 spiro atoms. The van der Waals surface area contributed by atoms with Crippen LogP contribution in [0.15, 0.2) is 12.4 Å². The van der Waals surface area contributed by atoms with Crippen LogP contribution in [0.3, 0.4) is 0 Å². The first-order chi connectivity index (χ1) is 12.0. The van der Waals surface area contributed by atoms with Gasteiger partial charge in [-0.15, -0.1) is 0 Å². The van der Waals surface area contributed by atoms with E-state index in [0.29, 0.717) is 26.2 Å². The predicted octanol–water partition coefficient (Wildman–Crippen LogP) is -0.860. The second-order valence-electron chi connectivity index (χ2n) is 6.37. The van der Waals surface area contributed by atoms with Crippen LogP contribution in [0.2, 0.25) is 0 Å². The van der Waals surface area contributed by atoms with Gasteiger partial charge in [0, 0.05) is 52.0 Å². The van der Waals surface area contributed by atoms with Gasteiger partial charge in [-0.05, 0) is 0 Å². The van der Waals surface area contributed by atoms with Gasteiger partial charge in [-0.3, -0.25) is 9.59 Å². The third-order valence-corrected chi connectivity index (χ3v) is 4.77. The smallest absolute Gasteiger partial charge is 0.317 e. The summed E-state index contributed by atoms with van der Waals surface area (Å²) in [4.78, 5) is 45.6. The van der Waals surface area contributed by atoms with Gasteiger partial charge in [-0.1, -0.05) is 6.92 Å². The molecule has 0 aliphatic carbocycles. The van der Waals surface area contributed by atoms with Gasteiger partial charge in [0.25, 0.3) is 0 Å². The van der Waals surface area contributed by atoms with Crippen LogP contribution in [-0.4, -0.2) is 87.9 Å². The molecule has 9 heteroatoms. The third-order valence-electron chi connectivity index (χ3n) is 4.77. The molecule has 0 aromatic carbocycles. The number of piperazine rings is 2. The highest BCUT2D eigenvalue weighted by molar-refractivity contribution is 5.95. The van der Waals surface area contributed by atoms with Crippen LogP contribution in [-0.2, 0) is 22.6 Å². The number of urea groups is 1. The third kappa shape index (κ3) is 3.45. The van der Waals surface area contributed by atoms with E-state index < -0.39 is 6.04 Å². The lowest BCUT2D eigenvalue weighted by atomic mass is 10.1. The van der Waals surface area contributed by atoms with Crippen LogP contribution in [0, 0.1) is 0 Å². The summed E-state index contributed by atoms with van der Waals surface area (Å²) in [6, 6.07) is -0.766. The second-order valence-corrected chi connectivity index (χ2v) is 6.37. The summed E-state index contributed by atoms with van der Waals surface area (Å²) in [7, 11) is 1.62. The Balaban J connectivity index is 1.53. The molecule has 0 saturated carbocycles. The minimum atomic E-state index is -0.564. The lowest BCUT2D eigenvalue weighted by Crippen LogP contribution is -2.67. The second kappa shape index (κ2) is 7.12. The molecule has 0 unspecified atom stereocenters. The largest absolute Gasteiger partial charge is 0.336 e. The molecule has 25 heavy (non-hydrogen) atoms. The molecular formula is C16H24N6O3. The summed E-state index contributed by atoms with van der Waals surface area (Å²) in [5.74, 6) is 0.819. The van der Waals surface area contributed by atoms with Crippen molar-refractivity contribution in [1.82, 2.24) is 29.6 Å². The fraction of sp³-hybridized carbons (Fsp3) is 0.625. The van der Waals surface area contributed by atoms with Crippen LogP contribution in [0.25, 0.3) is 0 Å². The number of rotatable bonds is 4. The van der Waals surface area contributed by atoms with E-state index in [0.717, 1.165) is 12.2 Å². The highest BCUT2D eigenvalue weighted by Crippen LogP contribution is 2.17. The number of likely N-dealkylation sites (N-methyl/N-ethyl adjacent to an activating group) is 1. The fourth-order valence-electron chi connectivity index (χ4n) is 3.36. The molecular weight excluding hydrogens is 324 g/mol. The predicted molar refractivity (Wildman–Crippen MR) is 89.7 cm³/mol. The molecule has 4 amide bonds. The molecule has 2 aliphatic rings. The molecule has 9 nitrogen and oxygen atoms in total. The van der Waals surface area contributed by atoms with E-state index in [4.69, 9.17) is 0 Å². The van der Waals surface area contributed by atoms with Gasteiger partial charge >= 0.3 is 6.03 Å².